The molecule has 1 aromatic carbocycles. The van der Waals surface area contributed by atoms with E-state index in [4.69, 9.17) is 9.84 Å². The summed E-state index contributed by atoms with van der Waals surface area (Å²) in [4.78, 5) is 36.9. The maximum absolute atomic E-state index is 12.4. The molecule has 1 aliphatic heterocycles. The number of para-hydroxylation sites is 1. The van der Waals surface area contributed by atoms with E-state index in [0.29, 0.717) is 16.8 Å². The summed E-state index contributed by atoms with van der Waals surface area (Å²) in [5.74, 6) is -0.967. The Morgan fingerprint density at radius 2 is 2.00 bits per heavy atom. The average molecular weight is 319 g/mol. The summed E-state index contributed by atoms with van der Waals surface area (Å²) in [6.45, 7) is 5.57. The SMILES string of the molecule is CC(C)(C)OC(=O)N1CCC(=O)c2cccc(CCC(=O)O)c21. The number of aliphatic carboxylic acids is 1. The van der Waals surface area contributed by atoms with Gasteiger partial charge in [0, 0.05) is 24.9 Å². The molecule has 0 unspecified atom stereocenters. The molecule has 2 rings (SSSR count). The van der Waals surface area contributed by atoms with Crippen LogP contribution in [-0.4, -0.2) is 35.1 Å². The highest BCUT2D eigenvalue weighted by Crippen LogP contribution is 2.33. The normalized spacial score (nSPS) is 14.4. The van der Waals surface area contributed by atoms with Crippen LogP contribution in [0.2, 0.25) is 0 Å². The Morgan fingerprint density at radius 1 is 1.30 bits per heavy atom. The minimum absolute atomic E-state index is 0.0445. The Kier molecular flexibility index (Phi) is 4.73. The lowest BCUT2D eigenvalue weighted by Gasteiger charge is -2.32. The second-order valence-corrected chi connectivity index (χ2v) is 6.51. The molecular weight excluding hydrogens is 298 g/mol. The molecule has 6 heteroatoms. The molecular formula is C17H21NO5. The monoisotopic (exact) mass is 319 g/mol. The molecule has 0 aliphatic carbocycles. The Hall–Kier alpha value is -2.37. The van der Waals surface area contributed by atoms with Crippen LogP contribution in [0.25, 0.3) is 0 Å². The van der Waals surface area contributed by atoms with Gasteiger partial charge in [0.1, 0.15) is 5.60 Å². The van der Waals surface area contributed by atoms with Gasteiger partial charge in [0.15, 0.2) is 5.78 Å². The van der Waals surface area contributed by atoms with Gasteiger partial charge in [-0.15, -0.1) is 0 Å². The molecule has 6 nitrogen and oxygen atoms in total. The van der Waals surface area contributed by atoms with Gasteiger partial charge in [0.05, 0.1) is 5.69 Å². The molecule has 124 valence electrons. The van der Waals surface area contributed by atoms with Crippen molar-refractivity contribution in [1.29, 1.82) is 0 Å². The van der Waals surface area contributed by atoms with Crippen LogP contribution in [0, 0.1) is 0 Å². The topological polar surface area (TPSA) is 83.9 Å². The molecule has 1 heterocycles. The number of carbonyl (C=O) groups excluding carboxylic acids is 2. The van der Waals surface area contributed by atoms with E-state index in [9.17, 15) is 14.4 Å². The van der Waals surface area contributed by atoms with Gasteiger partial charge < -0.3 is 9.84 Å². The molecule has 0 saturated heterocycles. The molecule has 0 saturated carbocycles. The third-order valence-corrected chi connectivity index (χ3v) is 3.47. The Labute approximate surface area is 135 Å². The Balaban J connectivity index is 2.39. The fourth-order valence-corrected chi connectivity index (χ4v) is 2.54. The number of anilines is 1. The van der Waals surface area contributed by atoms with Crippen LogP contribution < -0.4 is 4.90 Å². The van der Waals surface area contributed by atoms with Crippen molar-refractivity contribution in [1.82, 2.24) is 0 Å². The lowest BCUT2D eigenvalue weighted by molar-refractivity contribution is -0.136. The molecule has 0 atom stereocenters. The van der Waals surface area contributed by atoms with Gasteiger partial charge in [-0.3, -0.25) is 14.5 Å². The lowest BCUT2D eigenvalue weighted by atomic mass is 9.95. The van der Waals surface area contributed by atoms with Gasteiger partial charge in [-0.05, 0) is 38.8 Å². The summed E-state index contributed by atoms with van der Waals surface area (Å²) < 4.78 is 5.41. The molecule has 0 radical (unpaired) electrons. The number of ketones is 1. The van der Waals surface area contributed by atoms with Crippen molar-refractivity contribution in [3.8, 4) is 0 Å². The average Bonchev–Trinajstić information content (AvgIpc) is 2.43. The summed E-state index contributed by atoms with van der Waals surface area (Å²) in [5.41, 5.74) is 0.961. The predicted octanol–water partition coefficient (Wildman–Crippen LogP) is 3.03. The summed E-state index contributed by atoms with van der Waals surface area (Å²) in [5, 5.41) is 8.89. The quantitative estimate of drug-likeness (QED) is 0.925. The number of amides is 1. The fraction of sp³-hybridized carbons (Fsp3) is 0.471. The second-order valence-electron chi connectivity index (χ2n) is 6.51. The van der Waals surface area contributed by atoms with Crippen molar-refractivity contribution in [2.45, 2.75) is 45.6 Å². The number of aryl methyl sites for hydroxylation is 1. The van der Waals surface area contributed by atoms with E-state index in [1.807, 2.05) is 0 Å². The number of nitrogens with zero attached hydrogens (tertiary/aromatic N) is 1. The van der Waals surface area contributed by atoms with Crippen LogP contribution in [0.4, 0.5) is 10.5 Å². The second kappa shape index (κ2) is 6.40. The van der Waals surface area contributed by atoms with Crippen molar-refractivity contribution in [3.63, 3.8) is 0 Å². The maximum Gasteiger partial charge on any atom is 0.414 e. The van der Waals surface area contributed by atoms with E-state index in [2.05, 4.69) is 0 Å². The van der Waals surface area contributed by atoms with Crippen molar-refractivity contribution in [3.05, 3.63) is 29.3 Å². The standard InChI is InChI=1S/C17H21NO5/c1-17(2,3)23-16(22)18-10-9-13(19)12-6-4-5-11(15(12)18)7-8-14(20)21/h4-6H,7-10H2,1-3H3,(H,20,21). The van der Waals surface area contributed by atoms with Crippen LogP contribution >= 0.6 is 0 Å². The van der Waals surface area contributed by atoms with Crippen molar-refractivity contribution in [2.24, 2.45) is 0 Å². The fourth-order valence-electron chi connectivity index (χ4n) is 2.54. The van der Waals surface area contributed by atoms with E-state index in [1.165, 1.54) is 4.90 Å². The van der Waals surface area contributed by atoms with Crippen LogP contribution in [0.1, 0.15) is 49.5 Å². The van der Waals surface area contributed by atoms with E-state index in [0.717, 1.165) is 0 Å². The van der Waals surface area contributed by atoms with Gasteiger partial charge in [-0.25, -0.2) is 4.79 Å². The third kappa shape index (κ3) is 4.09. The number of fused-ring (bicyclic) bond motifs is 1. The number of hydrogen-bond donors (Lipinski definition) is 1. The van der Waals surface area contributed by atoms with E-state index in [1.54, 1.807) is 39.0 Å². The summed E-state index contributed by atoms with van der Waals surface area (Å²) >= 11 is 0. The molecule has 23 heavy (non-hydrogen) atoms. The molecule has 0 bridgehead atoms. The van der Waals surface area contributed by atoms with E-state index >= 15 is 0 Å². The van der Waals surface area contributed by atoms with Crippen LogP contribution in [0.15, 0.2) is 18.2 Å². The summed E-state index contributed by atoms with van der Waals surface area (Å²) in [6, 6.07) is 5.13. The minimum atomic E-state index is -0.923. The number of benzene rings is 1. The zero-order valence-electron chi connectivity index (χ0n) is 13.6. The number of Topliss-reactive ketones (excluding diaryl/α,β-unsaturated/α-hetero) is 1. The van der Waals surface area contributed by atoms with Gasteiger partial charge in [0.25, 0.3) is 0 Å². The number of rotatable bonds is 3. The van der Waals surface area contributed by atoms with Gasteiger partial charge in [-0.2, -0.15) is 0 Å². The first-order chi connectivity index (χ1) is 10.7. The summed E-state index contributed by atoms with van der Waals surface area (Å²) in [7, 11) is 0. The highest BCUT2D eigenvalue weighted by atomic mass is 16.6. The zero-order chi connectivity index (χ0) is 17.2. The van der Waals surface area contributed by atoms with Crippen LogP contribution in [-0.2, 0) is 16.0 Å². The smallest absolute Gasteiger partial charge is 0.414 e. The number of hydrogen-bond acceptors (Lipinski definition) is 4. The number of ether oxygens (including phenoxy) is 1. The molecule has 1 N–H and O–H groups in total. The Morgan fingerprint density at radius 3 is 2.61 bits per heavy atom. The molecule has 0 fully saturated rings. The minimum Gasteiger partial charge on any atom is -0.481 e. The number of carboxylic acid groups (broad SMARTS) is 1. The largest absolute Gasteiger partial charge is 0.481 e. The molecule has 0 spiro atoms. The van der Waals surface area contributed by atoms with Crippen LogP contribution in [0.3, 0.4) is 0 Å². The number of carbonyl (C=O) groups is 3. The van der Waals surface area contributed by atoms with E-state index in [-0.39, 0.29) is 31.6 Å². The van der Waals surface area contributed by atoms with Gasteiger partial charge >= 0.3 is 12.1 Å². The summed E-state index contributed by atoms with van der Waals surface area (Å²) in [6.07, 6.45) is -0.0963. The number of carboxylic acids is 1. The highest BCUT2D eigenvalue weighted by Gasteiger charge is 2.32. The third-order valence-electron chi connectivity index (χ3n) is 3.47. The van der Waals surface area contributed by atoms with Crippen LogP contribution in [0.5, 0.6) is 0 Å². The molecule has 1 amide bonds. The van der Waals surface area contributed by atoms with Gasteiger partial charge in [-0.1, -0.05) is 12.1 Å². The first-order valence-electron chi connectivity index (χ1n) is 7.56. The molecule has 1 aliphatic rings. The molecule has 1 aromatic rings. The lowest BCUT2D eigenvalue weighted by Crippen LogP contribution is -2.41. The van der Waals surface area contributed by atoms with Crippen molar-refractivity contribution >= 4 is 23.5 Å². The first-order valence-corrected chi connectivity index (χ1v) is 7.56. The highest BCUT2D eigenvalue weighted by molar-refractivity contribution is 6.08. The predicted molar refractivity (Wildman–Crippen MR) is 84.9 cm³/mol. The molecule has 0 aromatic heterocycles. The van der Waals surface area contributed by atoms with Gasteiger partial charge in [0.2, 0.25) is 0 Å². The maximum atomic E-state index is 12.4. The van der Waals surface area contributed by atoms with Crippen molar-refractivity contribution in [2.75, 3.05) is 11.4 Å². The first kappa shape index (κ1) is 17.0. The van der Waals surface area contributed by atoms with Crippen molar-refractivity contribution < 1.29 is 24.2 Å². The Bertz CT molecular complexity index is 645. The van der Waals surface area contributed by atoms with E-state index < -0.39 is 17.7 Å². The zero-order valence-corrected chi connectivity index (χ0v) is 13.6.